The summed E-state index contributed by atoms with van der Waals surface area (Å²) in [5.74, 6) is -3.29. The highest BCUT2D eigenvalue weighted by Gasteiger charge is 2.37. The van der Waals surface area contributed by atoms with Crippen molar-refractivity contribution in [2.45, 2.75) is 38.2 Å². The predicted molar refractivity (Wildman–Crippen MR) is 71.4 cm³/mol. The van der Waals surface area contributed by atoms with Crippen molar-refractivity contribution in [3.05, 3.63) is 35.4 Å². The molecule has 0 aromatic heterocycles. The number of halogens is 3. The Morgan fingerprint density at radius 1 is 1.17 bits per heavy atom. The summed E-state index contributed by atoms with van der Waals surface area (Å²) in [6.07, 6.45) is 0. The van der Waals surface area contributed by atoms with Crippen LogP contribution in [0.5, 0.6) is 0 Å². The van der Waals surface area contributed by atoms with Gasteiger partial charge in [0, 0.05) is 0 Å². The molecule has 3 N–H and O–H groups in total. The maximum absolute atomic E-state index is 13.2. The minimum Gasteiger partial charge on any atom is -0.390 e. The molecule has 2 nitrogen and oxygen atoms in total. The number of benzene rings is 1. The average molecular weight is 280 g/mol. The van der Waals surface area contributed by atoms with E-state index in [0.717, 1.165) is 5.56 Å². The second-order valence-electron chi connectivity index (χ2n) is 5.27. The van der Waals surface area contributed by atoms with E-state index in [1.165, 1.54) is 0 Å². The molecule has 1 rings (SSSR count). The molecule has 1 aromatic carbocycles. The smallest absolute Gasteiger partial charge is 0.289 e. The van der Waals surface area contributed by atoms with Gasteiger partial charge < -0.3 is 10.8 Å². The second kappa shape index (κ2) is 5.95. The van der Waals surface area contributed by atoms with Crippen LogP contribution in [0.3, 0.4) is 0 Å². The first-order chi connectivity index (χ1) is 7.68. The Morgan fingerprint density at radius 2 is 1.61 bits per heavy atom. The van der Waals surface area contributed by atoms with Crippen LogP contribution in [0.4, 0.5) is 8.78 Å². The van der Waals surface area contributed by atoms with E-state index < -0.39 is 18.6 Å². The molecule has 0 saturated carbocycles. The van der Waals surface area contributed by atoms with E-state index in [1.807, 2.05) is 20.8 Å². The van der Waals surface area contributed by atoms with E-state index in [4.69, 9.17) is 10.8 Å². The van der Waals surface area contributed by atoms with E-state index in [0.29, 0.717) is 5.56 Å². The number of hydrogen-bond acceptors (Lipinski definition) is 2. The monoisotopic (exact) mass is 279 g/mol. The van der Waals surface area contributed by atoms with Gasteiger partial charge in [-0.15, -0.1) is 12.4 Å². The SMILES string of the molecule is CC(C)(C)c1ccc([C@H](N)C(F)(F)CO)cc1.Cl. The summed E-state index contributed by atoms with van der Waals surface area (Å²) >= 11 is 0. The number of alkyl halides is 2. The predicted octanol–water partition coefficient (Wildman–Crippen LogP) is 3.03. The third kappa shape index (κ3) is 3.90. The van der Waals surface area contributed by atoms with Gasteiger partial charge in [0.25, 0.3) is 5.92 Å². The second-order valence-corrected chi connectivity index (χ2v) is 5.27. The molecule has 0 fully saturated rings. The standard InChI is InChI=1S/C13H19F2NO.ClH/c1-12(2,3)10-6-4-9(5-7-10)11(16)13(14,15)8-17;/h4-7,11,17H,8,16H2,1-3H3;1H/t11-;/m0./s1. The van der Waals surface area contributed by atoms with Crippen molar-refractivity contribution in [3.63, 3.8) is 0 Å². The number of aliphatic hydroxyl groups is 1. The van der Waals surface area contributed by atoms with Crippen LogP contribution in [0.1, 0.15) is 37.9 Å². The number of rotatable bonds is 3. The molecule has 0 aliphatic heterocycles. The summed E-state index contributed by atoms with van der Waals surface area (Å²) < 4.78 is 26.4. The Bertz CT molecular complexity index is 374. The molecule has 5 heteroatoms. The lowest BCUT2D eigenvalue weighted by Crippen LogP contribution is -2.36. The summed E-state index contributed by atoms with van der Waals surface area (Å²) in [5.41, 5.74) is 6.79. The molecule has 0 bridgehead atoms. The van der Waals surface area contributed by atoms with Crippen LogP contribution in [0.25, 0.3) is 0 Å². The molecule has 0 amide bonds. The first kappa shape index (κ1) is 17.3. The van der Waals surface area contributed by atoms with Gasteiger partial charge >= 0.3 is 0 Å². The summed E-state index contributed by atoms with van der Waals surface area (Å²) in [6.45, 7) is 4.90. The lowest BCUT2D eigenvalue weighted by molar-refractivity contribution is -0.0711. The van der Waals surface area contributed by atoms with Gasteiger partial charge in [0.1, 0.15) is 6.61 Å². The van der Waals surface area contributed by atoms with Gasteiger partial charge in [-0.2, -0.15) is 0 Å². The summed E-state index contributed by atoms with van der Waals surface area (Å²) in [5, 5.41) is 8.58. The topological polar surface area (TPSA) is 46.2 Å². The van der Waals surface area contributed by atoms with Crippen LogP contribution in [0, 0.1) is 0 Å². The van der Waals surface area contributed by atoms with E-state index >= 15 is 0 Å². The first-order valence-corrected chi connectivity index (χ1v) is 5.53. The largest absolute Gasteiger partial charge is 0.390 e. The molecular formula is C13H20ClF2NO. The Morgan fingerprint density at radius 3 is 1.94 bits per heavy atom. The highest BCUT2D eigenvalue weighted by Crippen LogP contribution is 2.30. The van der Waals surface area contributed by atoms with Crippen molar-refractivity contribution >= 4 is 12.4 Å². The molecule has 0 aliphatic carbocycles. The van der Waals surface area contributed by atoms with E-state index in [-0.39, 0.29) is 17.8 Å². The molecule has 1 atom stereocenters. The van der Waals surface area contributed by atoms with Crippen molar-refractivity contribution in [2.75, 3.05) is 6.61 Å². The molecule has 18 heavy (non-hydrogen) atoms. The van der Waals surface area contributed by atoms with Crippen LogP contribution in [-0.4, -0.2) is 17.6 Å². The molecule has 0 saturated heterocycles. The van der Waals surface area contributed by atoms with Crippen molar-refractivity contribution in [2.24, 2.45) is 5.73 Å². The van der Waals surface area contributed by atoms with E-state index in [2.05, 4.69) is 0 Å². The fourth-order valence-electron chi connectivity index (χ4n) is 1.53. The lowest BCUT2D eigenvalue weighted by atomic mass is 9.86. The fourth-order valence-corrected chi connectivity index (χ4v) is 1.53. The molecule has 0 spiro atoms. The van der Waals surface area contributed by atoms with Crippen molar-refractivity contribution in [1.29, 1.82) is 0 Å². The minimum absolute atomic E-state index is 0. The maximum atomic E-state index is 13.2. The van der Waals surface area contributed by atoms with Gasteiger partial charge in [0.2, 0.25) is 0 Å². The summed E-state index contributed by atoms with van der Waals surface area (Å²) in [4.78, 5) is 0. The Balaban J connectivity index is 0.00000289. The van der Waals surface area contributed by atoms with Crippen LogP contribution in [-0.2, 0) is 5.41 Å². The van der Waals surface area contributed by atoms with Crippen LogP contribution >= 0.6 is 12.4 Å². The summed E-state index contributed by atoms with van der Waals surface area (Å²) in [6, 6.07) is 5.30. The molecule has 104 valence electrons. The summed E-state index contributed by atoms with van der Waals surface area (Å²) in [7, 11) is 0. The van der Waals surface area contributed by atoms with Crippen molar-refractivity contribution in [3.8, 4) is 0 Å². The first-order valence-electron chi connectivity index (χ1n) is 5.53. The van der Waals surface area contributed by atoms with Crippen molar-refractivity contribution in [1.82, 2.24) is 0 Å². The number of hydrogen-bond donors (Lipinski definition) is 2. The van der Waals surface area contributed by atoms with E-state index in [9.17, 15) is 8.78 Å². The Labute approximate surface area is 113 Å². The van der Waals surface area contributed by atoms with Gasteiger partial charge in [-0.1, -0.05) is 45.0 Å². The maximum Gasteiger partial charge on any atom is 0.289 e. The molecule has 0 aliphatic rings. The fraction of sp³-hybridized carbons (Fsp3) is 0.538. The minimum atomic E-state index is -3.29. The van der Waals surface area contributed by atoms with Gasteiger partial charge in [-0.25, -0.2) is 8.78 Å². The molecule has 0 heterocycles. The Kier molecular flexibility index (Phi) is 5.72. The van der Waals surface area contributed by atoms with Gasteiger partial charge in [-0.3, -0.25) is 0 Å². The third-order valence-electron chi connectivity index (χ3n) is 2.80. The number of nitrogens with two attached hydrogens (primary N) is 1. The zero-order valence-corrected chi connectivity index (χ0v) is 11.6. The molecule has 0 radical (unpaired) electrons. The third-order valence-corrected chi connectivity index (χ3v) is 2.80. The van der Waals surface area contributed by atoms with Gasteiger partial charge in [-0.05, 0) is 16.5 Å². The van der Waals surface area contributed by atoms with Gasteiger partial charge in [0.05, 0.1) is 6.04 Å². The lowest BCUT2D eigenvalue weighted by Gasteiger charge is -2.23. The number of aliphatic hydroxyl groups excluding tert-OH is 1. The molecule has 0 unspecified atom stereocenters. The molecular weight excluding hydrogens is 260 g/mol. The van der Waals surface area contributed by atoms with E-state index in [1.54, 1.807) is 24.3 Å². The molecule has 1 aromatic rings. The highest BCUT2D eigenvalue weighted by atomic mass is 35.5. The normalized spacial score (nSPS) is 13.9. The van der Waals surface area contributed by atoms with Crippen LogP contribution in [0.15, 0.2) is 24.3 Å². The van der Waals surface area contributed by atoms with Gasteiger partial charge in [0.15, 0.2) is 0 Å². The van der Waals surface area contributed by atoms with Crippen LogP contribution < -0.4 is 5.73 Å². The van der Waals surface area contributed by atoms with Crippen LogP contribution in [0.2, 0.25) is 0 Å². The average Bonchev–Trinajstić information content (AvgIpc) is 2.27. The Hall–Kier alpha value is -0.710. The highest BCUT2D eigenvalue weighted by molar-refractivity contribution is 5.85. The van der Waals surface area contributed by atoms with Crippen molar-refractivity contribution < 1.29 is 13.9 Å². The quantitative estimate of drug-likeness (QED) is 0.893. The zero-order chi connectivity index (χ0) is 13.3. The zero-order valence-electron chi connectivity index (χ0n) is 10.8.